The van der Waals surface area contributed by atoms with E-state index < -0.39 is 0 Å². The molecule has 96 valence electrons. The Morgan fingerprint density at radius 1 is 1.53 bits per heavy atom. The molecule has 6 heteroatoms. The molecule has 2 rings (SSSR count). The molecule has 0 N–H and O–H groups in total. The largest absolute Gasteiger partial charge is 1.00 e. The summed E-state index contributed by atoms with van der Waals surface area (Å²) in [4.78, 5) is 11.7. The van der Waals surface area contributed by atoms with E-state index in [1.54, 1.807) is 22.7 Å². The third-order valence-corrected chi connectivity index (χ3v) is 4.91. The minimum absolute atomic E-state index is 0. The third-order valence-electron chi connectivity index (χ3n) is 2.69. The Balaban J connectivity index is 0.00000144. The lowest BCUT2D eigenvalue weighted by molar-refractivity contribution is -0.148. The van der Waals surface area contributed by atoms with Crippen LogP contribution in [0.15, 0.2) is 10.8 Å². The Hall–Kier alpha value is 0.0500. The molecule has 1 unspecified atom stereocenters. The van der Waals surface area contributed by atoms with Gasteiger partial charge < -0.3 is 28.7 Å². The summed E-state index contributed by atoms with van der Waals surface area (Å²) in [5.41, 5.74) is 0. The zero-order chi connectivity index (χ0) is 11.4. The monoisotopic (exact) mass is 385 g/mol. The zero-order valence-corrected chi connectivity index (χ0v) is 13.5. The standard InChI is InChI=1S/C11H16NO2S2.HI/c1-2-14-10(13)9-4-3-5-12(8-9)11-15-6-7-16-11;/h6-7,9H,2-5,8H2,1H3;1H/q+1;/p-1. The van der Waals surface area contributed by atoms with Crippen molar-refractivity contribution in [2.24, 2.45) is 5.92 Å². The van der Waals surface area contributed by atoms with Gasteiger partial charge in [-0.2, -0.15) is 0 Å². The Bertz CT molecular complexity index is 410. The molecule has 1 aromatic rings. The van der Waals surface area contributed by atoms with E-state index in [0.29, 0.717) is 6.61 Å². The molecule has 1 saturated heterocycles. The molecule has 0 aromatic carbocycles. The summed E-state index contributed by atoms with van der Waals surface area (Å²) in [7, 11) is 0. The van der Waals surface area contributed by atoms with Gasteiger partial charge in [0, 0.05) is 17.2 Å². The molecule has 17 heavy (non-hydrogen) atoms. The second-order valence-electron chi connectivity index (χ2n) is 3.81. The van der Waals surface area contributed by atoms with Crippen LogP contribution in [0.25, 0.3) is 0 Å². The molecule has 1 aliphatic rings. The van der Waals surface area contributed by atoms with Gasteiger partial charge in [0.2, 0.25) is 0 Å². The molecule has 0 radical (unpaired) electrons. The number of rotatable bonds is 2. The van der Waals surface area contributed by atoms with Gasteiger partial charge >= 0.3 is 9.95 Å². The van der Waals surface area contributed by atoms with Crippen molar-refractivity contribution in [3.8, 4) is 0 Å². The van der Waals surface area contributed by atoms with Crippen molar-refractivity contribution in [2.45, 2.75) is 19.8 Å². The van der Waals surface area contributed by atoms with Gasteiger partial charge in [-0.05, 0) is 13.3 Å². The quantitative estimate of drug-likeness (QED) is 0.355. The molecular weight excluding hydrogens is 369 g/mol. The van der Waals surface area contributed by atoms with Crippen molar-refractivity contribution in [1.29, 1.82) is 0 Å². The van der Waals surface area contributed by atoms with Crippen molar-refractivity contribution in [1.82, 2.24) is 4.58 Å². The number of piperidine rings is 1. The summed E-state index contributed by atoms with van der Waals surface area (Å²) in [6, 6.07) is 0. The summed E-state index contributed by atoms with van der Waals surface area (Å²) < 4.78 is 8.69. The summed E-state index contributed by atoms with van der Waals surface area (Å²) in [5.74, 6) is 0.0248. The molecule has 1 aromatic heterocycles. The number of nitrogens with zero attached hydrogens (tertiary/aromatic N) is 1. The zero-order valence-electron chi connectivity index (χ0n) is 9.73. The van der Waals surface area contributed by atoms with Gasteiger partial charge in [-0.15, -0.1) is 0 Å². The first-order chi connectivity index (χ1) is 7.81. The molecule has 3 nitrogen and oxygen atoms in total. The lowest BCUT2D eigenvalue weighted by atomic mass is 9.99. The minimum Gasteiger partial charge on any atom is -1.00 e. The fraction of sp³-hybridized carbons (Fsp3) is 0.636. The fourth-order valence-electron chi connectivity index (χ4n) is 1.94. The highest BCUT2D eigenvalue weighted by molar-refractivity contribution is 7.24. The van der Waals surface area contributed by atoms with Gasteiger partial charge in [-0.25, -0.2) is 4.58 Å². The SMILES string of the molecule is CCOC(=O)C1CCC[N+](=c2sccs2)C1.[I-]. The second kappa shape index (κ2) is 7.48. The van der Waals surface area contributed by atoms with Gasteiger partial charge in [-0.3, -0.25) is 4.79 Å². The van der Waals surface area contributed by atoms with Crippen LogP contribution in [0.4, 0.5) is 0 Å². The lowest BCUT2D eigenvalue weighted by Crippen LogP contribution is -3.00. The molecule has 1 fully saturated rings. The number of hydrogen-bond donors (Lipinski definition) is 0. The number of esters is 1. The number of carbonyl (C=O) groups is 1. The highest BCUT2D eigenvalue weighted by Gasteiger charge is 2.29. The van der Waals surface area contributed by atoms with E-state index in [2.05, 4.69) is 15.3 Å². The van der Waals surface area contributed by atoms with Crippen LogP contribution in [-0.4, -0.2) is 25.7 Å². The van der Waals surface area contributed by atoms with Crippen LogP contribution in [0.5, 0.6) is 0 Å². The minimum atomic E-state index is -0.0336. The number of carbonyl (C=O) groups excluding carboxylic acids is 1. The fourth-order valence-corrected chi connectivity index (χ4v) is 3.81. The predicted octanol–water partition coefficient (Wildman–Crippen LogP) is -1.44. The van der Waals surface area contributed by atoms with E-state index in [1.807, 2.05) is 6.92 Å². The van der Waals surface area contributed by atoms with Crippen LogP contribution in [0.3, 0.4) is 0 Å². The van der Waals surface area contributed by atoms with Crippen molar-refractivity contribution in [3.05, 3.63) is 14.7 Å². The molecule has 0 amide bonds. The van der Waals surface area contributed by atoms with Gasteiger partial charge in [0.1, 0.15) is 12.5 Å². The van der Waals surface area contributed by atoms with Gasteiger partial charge in [0.25, 0.3) is 0 Å². The maximum absolute atomic E-state index is 11.7. The van der Waals surface area contributed by atoms with E-state index in [9.17, 15) is 4.79 Å². The first kappa shape index (κ1) is 15.1. The average Bonchev–Trinajstić information content (AvgIpc) is 2.83. The molecule has 2 heterocycles. The Morgan fingerprint density at radius 3 is 2.88 bits per heavy atom. The molecule has 1 atom stereocenters. The molecule has 0 spiro atoms. The third kappa shape index (κ3) is 4.03. The molecule has 1 aliphatic heterocycles. The highest BCUT2D eigenvalue weighted by Crippen LogP contribution is 2.14. The topological polar surface area (TPSA) is 29.3 Å². The van der Waals surface area contributed by atoms with E-state index in [1.165, 1.54) is 3.98 Å². The predicted molar refractivity (Wildman–Crippen MR) is 66.6 cm³/mol. The van der Waals surface area contributed by atoms with E-state index >= 15 is 0 Å². The van der Waals surface area contributed by atoms with Crippen LogP contribution < -0.4 is 32.5 Å². The number of ether oxygens (including phenoxy) is 1. The molecule has 0 aliphatic carbocycles. The summed E-state index contributed by atoms with van der Waals surface area (Å²) in [5, 5.41) is 4.18. The van der Waals surface area contributed by atoms with Crippen molar-refractivity contribution in [3.63, 3.8) is 0 Å². The molecular formula is C11H16INO2S2. The van der Waals surface area contributed by atoms with E-state index in [-0.39, 0.29) is 35.9 Å². The smallest absolute Gasteiger partial charge is 0.315 e. The normalized spacial score (nSPS) is 19.6. The molecule has 0 saturated carbocycles. The van der Waals surface area contributed by atoms with Gasteiger partial charge in [0.05, 0.1) is 6.61 Å². The Labute approximate surface area is 126 Å². The molecule has 0 bridgehead atoms. The maximum atomic E-state index is 11.7. The summed E-state index contributed by atoms with van der Waals surface area (Å²) >= 11 is 3.50. The van der Waals surface area contributed by atoms with Crippen LogP contribution in [0.1, 0.15) is 19.8 Å². The van der Waals surface area contributed by atoms with Crippen LogP contribution in [0.2, 0.25) is 0 Å². The van der Waals surface area contributed by atoms with Crippen molar-refractivity contribution >= 4 is 28.6 Å². The number of halogens is 1. The maximum Gasteiger partial charge on any atom is 0.315 e. The van der Waals surface area contributed by atoms with Gasteiger partial charge in [0.15, 0.2) is 6.54 Å². The van der Waals surface area contributed by atoms with E-state index in [4.69, 9.17) is 4.74 Å². The van der Waals surface area contributed by atoms with Crippen LogP contribution in [0, 0.1) is 5.92 Å². The van der Waals surface area contributed by atoms with Crippen molar-refractivity contribution in [2.75, 3.05) is 19.7 Å². The summed E-state index contributed by atoms with van der Waals surface area (Å²) in [6.45, 7) is 4.22. The first-order valence-electron chi connectivity index (χ1n) is 5.58. The summed E-state index contributed by atoms with van der Waals surface area (Å²) in [6.07, 6.45) is 2.04. The highest BCUT2D eigenvalue weighted by atomic mass is 127. The first-order valence-corrected chi connectivity index (χ1v) is 7.34. The van der Waals surface area contributed by atoms with Crippen LogP contribution >= 0.6 is 22.7 Å². The van der Waals surface area contributed by atoms with E-state index in [0.717, 1.165) is 25.9 Å². The Kier molecular flexibility index (Phi) is 6.65. The van der Waals surface area contributed by atoms with Crippen molar-refractivity contribution < 1.29 is 33.5 Å². The van der Waals surface area contributed by atoms with Crippen LogP contribution in [-0.2, 0) is 9.53 Å². The van der Waals surface area contributed by atoms with Gasteiger partial charge in [-0.1, -0.05) is 22.7 Å². The number of hydrogen-bond acceptors (Lipinski definition) is 4. The Morgan fingerprint density at radius 2 is 2.24 bits per heavy atom. The lowest BCUT2D eigenvalue weighted by Gasteiger charge is -2.18. The average molecular weight is 385 g/mol. The second-order valence-corrected chi connectivity index (χ2v) is 5.86.